The van der Waals surface area contributed by atoms with Gasteiger partial charge in [0, 0.05) is 78.5 Å². The van der Waals surface area contributed by atoms with Gasteiger partial charge in [-0.1, -0.05) is 32.4 Å². The lowest BCUT2D eigenvalue weighted by atomic mass is 9.75. The maximum atomic E-state index is 16.4. The van der Waals surface area contributed by atoms with Crippen LogP contribution < -0.4 is 10.2 Å². The second kappa shape index (κ2) is 22.0. The van der Waals surface area contributed by atoms with E-state index in [1.54, 1.807) is 37.2 Å². The van der Waals surface area contributed by atoms with Gasteiger partial charge >= 0.3 is 5.97 Å². The minimum atomic E-state index is -4.72. The Morgan fingerprint density at radius 3 is 1.92 bits per heavy atom. The second-order valence-corrected chi connectivity index (χ2v) is 25.3. The second-order valence-electron chi connectivity index (χ2n) is 19.3. The third kappa shape index (κ3) is 13.5. The van der Waals surface area contributed by atoms with Gasteiger partial charge in [0.05, 0.1) is 32.3 Å². The zero-order valence-corrected chi connectivity index (χ0v) is 43.9. The number of carbonyl (C=O) groups excluding carboxylic acids is 1. The van der Waals surface area contributed by atoms with Crippen molar-refractivity contribution in [1.82, 2.24) is 5.32 Å². The molecule has 3 aromatic carbocycles. The molecule has 3 aliphatic rings. The largest absolute Gasteiger partial charge is 0.481 e. The van der Waals surface area contributed by atoms with Crippen LogP contribution in [0.15, 0.2) is 99.5 Å². The minimum Gasteiger partial charge on any atom is -0.481 e. The molecule has 0 aromatic heterocycles. The summed E-state index contributed by atoms with van der Waals surface area (Å²) in [6.45, 7) is 6.78. The SMILES string of the molecule is CC1(C)C(/C=C/C2=C(c3c(F)cc(F)cc3F)C(=C/C=C3/N(CCCS(=O)(=O)O)c4ccc(S(=O)(=O)O)cc4C3(C)C)/CC(C(=O)NCCCCCC(=O)O)C2)=[N+](CCCS(=O)(=O)O)c2ccc(S(=O)(=O)O)cc21. The van der Waals surface area contributed by atoms with Crippen LogP contribution in [0.5, 0.6) is 0 Å². The van der Waals surface area contributed by atoms with Crippen molar-refractivity contribution in [3.8, 4) is 0 Å². The van der Waals surface area contributed by atoms with Gasteiger partial charge in [-0.2, -0.15) is 38.2 Å². The lowest BCUT2D eigenvalue weighted by Crippen LogP contribution is -2.33. The fourth-order valence-corrected chi connectivity index (χ4v) is 11.8. The van der Waals surface area contributed by atoms with Crippen LogP contribution in [0.1, 0.15) is 95.8 Å². The predicted octanol–water partition coefficient (Wildman–Crippen LogP) is 7.32. The van der Waals surface area contributed by atoms with Crippen LogP contribution in [-0.4, -0.2) is 110 Å². The first-order valence-corrected chi connectivity index (χ1v) is 29.3. The summed E-state index contributed by atoms with van der Waals surface area (Å²) in [4.78, 5) is 26.0. The van der Waals surface area contributed by atoms with Crippen molar-refractivity contribution in [2.45, 2.75) is 99.7 Å². The number of carboxylic acid groups (broad SMARTS) is 1. The number of anilines is 1. The number of hydrogen-bond acceptors (Lipinski definition) is 11. The van der Waals surface area contributed by atoms with E-state index in [-0.39, 0.29) is 68.5 Å². The van der Waals surface area contributed by atoms with Crippen LogP contribution in [0.25, 0.3) is 5.57 Å². The van der Waals surface area contributed by atoms with Crippen LogP contribution in [0.3, 0.4) is 0 Å². The molecular formula is C49H57F3N3O15S4+. The molecule has 2 heterocycles. The van der Waals surface area contributed by atoms with Crippen molar-refractivity contribution in [1.29, 1.82) is 0 Å². The number of unbranched alkanes of at least 4 members (excludes halogenated alkanes) is 2. The molecule has 402 valence electrons. The van der Waals surface area contributed by atoms with E-state index in [0.29, 0.717) is 65.3 Å². The van der Waals surface area contributed by atoms with E-state index in [4.69, 9.17) is 5.11 Å². The first-order chi connectivity index (χ1) is 34.2. The van der Waals surface area contributed by atoms with E-state index in [1.807, 2.05) is 0 Å². The molecular weight excluding hydrogens is 1060 g/mol. The molecule has 6 rings (SSSR count). The summed E-state index contributed by atoms with van der Waals surface area (Å²) in [5, 5.41) is 11.9. The van der Waals surface area contributed by atoms with Crippen LogP contribution in [0.4, 0.5) is 24.5 Å². The number of amides is 1. The molecule has 2 aliphatic heterocycles. The molecule has 0 fully saturated rings. The van der Waals surface area contributed by atoms with Crippen molar-refractivity contribution in [2.75, 3.05) is 36.0 Å². The Morgan fingerprint density at radius 1 is 0.730 bits per heavy atom. The summed E-state index contributed by atoms with van der Waals surface area (Å²) < 4.78 is 185. The highest BCUT2D eigenvalue weighted by Crippen LogP contribution is 2.50. The molecule has 74 heavy (non-hydrogen) atoms. The van der Waals surface area contributed by atoms with E-state index >= 15 is 8.78 Å². The first-order valence-electron chi connectivity index (χ1n) is 23.2. The van der Waals surface area contributed by atoms with Gasteiger partial charge in [-0.25, -0.2) is 13.2 Å². The highest BCUT2D eigenvalue weighted by molar-refractivity contribution is 7.86. The summed E-state index contributed by atoms with van der Waals surface area (Å²) in [7, 11) is -18.4. The van der Waals surface area contributed by atoms with E-state index < -0.39 is 113 Å². The Balaban J connectivity index is 1.60. The minimum absolute atomic E-state index is 0.0743. The third-order valence-corrected chi connectivity index (χ3v) is 16.7. The Bertz CT molecular complexity index is 3380. The molecule has 0 spiro atoms. The molecule has 1 atom stereocenters. The highest BCUT2D eigenvalue weighted by atomic mass is 32.2. The average molecular weight is 1110 g/mol. The number of rotatable bonds is 21. The smallest absolute Gasteiger partial charge is 0.303 e. The number of benzene rings is 3. The third-order valence-electron chi connectivity index (χ3n) is 13.3. The molecule has 1 unspecified atom stereocenters. The number of halogens is 3. The summed E-state index contributed by atoms with van der Waals surface area (Å²) in [5.74, 6) is -7.69. The lowest BCUT2D eigenvalue weighted by molar-refractivity contribution is -0.437. The van der Waals surface area contributed by atoms with Gasteiger partial charge in [-0.3, -0.25) is 27.8 Å². The van der Waals surface area contributed by atoms with Crippen LogP contribution in [0, 0.1) is 23.4 Å². The molecule has 0 bridgehead atoms. The Hall–Kier alpha value is -5.54. The van der Waals surface area contributed by atoms with Crippen molar-refractivity contribution < 1.29 is 84.3 Å². The normalized spacial score (nSPS) is 19.0. The van der Waals surface area contributed by atoms with Crippen molar-refractivity contribution in [3.63, 3.8) is 0 Å². The van der Waals surface area contributed by atoms with E-state index in [1.165, 1.54) is 48.6 Å². The standard InChI is InChI=1S/C49H56F3N3O15S4/c1-48(2)36-28-34(73(65,66)67)13-15-40(36)54(20-8-22-71(59,60)61)42(48)17-11-30-24-32(47(58)53-19-7-5-6-10-44(56)57)25-31(45(30)46-38(51)26-33(50)27-39(46)52)12-18-43-49(3,4)37-29-35(74(68,69)70)14-16-41(37)55(43)21-9-23-72(62,63)64/h11-18,26-29,32H,5-10,19-25H2,1-4H3,(H5-,53,56,57,58,59,60,61,62,63,64,65,66,67,68,69,70)/p+1. The number of carboxylic acids is 1. The van der Waals surface area contributed by atoms with Gasteiger partial charge in [-0.15, -0.1) is 0 Å². The molecule has 18 nitrogen and oxygen atoms in total. The summed E-state index contributed by atoms with van der Waals surface area (Å²) in [5.41, 5.74) is -0.593. The molecule has 3 aromatic rings. The van der Waals surface area contributed by atoms with Crippen molar-refractivity contribution in [3.05, 3.63) is 124 Å². The van der Waals surface area contributed by atoms with Gasteiger partial charge in [0.2, 0.25) is 11.6 Å². The molecule has 1 aliphatic carbocycles. The zero-order valence-electron chi connectivity index (χ0n) is 40.7. The molecule has 0 saturated heterocycles. The lowest BCUT2D eigenvalue weighted by Gasteiger charge is -2.30. The Morgan fingerprint density at radius 2 is 1.32 bits per heavy atom. The van der Waals surface area contributed by atoms with Crippen molar-refractivity contribution >= 4 is 75.0 Å². The van der Waals surface area contributed by atoms with E-state index in [2.05, 4.69) is 5.32 Å². The molecule has 0 radical (unpaired) electrons. The monoisotopic (exact) mass is 1110 g/mol. The van der Waals surface area contributed by atoms with Gasteiger partial charge in [0.25, 0.3) is 40.5 Å². The average Bonchev–Trinajstić information content (AvgIpc) is 3.61. The summed E-state index contributed by atoms with van der Waals surface area (Å²) in [6.07, 6.45) is 6.47. The van der Waals surface area contributed by atoms with E-state index in [9.17, 15) is 65.9 Å². The predicted molar refractivity (Wildman–Crippen MR) is 268 cm³/mol. The number of carbonyl (C=O) groups is 2. The quantitative estimate of drug-likeness (QED) is 0.0346. The molecule has 6 N–H and O–H groups in total. The number of aliphatic carboxylic acids is 1. The molecule has 1 amide bonds. The first kappa shape index (κ1) is 57.7. The summed E-state index contributed by atoms with van der Waals surface area (Å²) >= 11 is 0. The number of allylic oxidation sites excluding steroid dienone is 8. The number of nitrogens with one attached hydrogen (secondary N) is 1. The van der Waals surface area contributed by atoms with Gasteiger partial charge in [0.15, 0.2) is 5.71 Å². The fourth-order valence-electron chi connectivity index (χ4n) is 9.82. The van der Waals surface area contributed by atoms with Gasteiger partial charge in [0.1, 0.15) is 24.0 Å². The summed E-state index contributed by atoms with van der Waals surface area (Å²) in [6, 6.07) is 8.51. The Labute approximate surface area is 428 Å². The van der Waals surface area contributed by atoms with Gasteiger partial charge in [-0.05, 0) is 105 Å². The van der Waals surface area contributed by atoms with Crippen LogP contribution in [-0.2, 0) is 60.9 Å². The molecule has 25 heteroatoms. The number of hydrogen-bond donors (Lipinski definition) is 6. The topological polar surface area (TPSA) is 290 Å². The van der Waals surface area contributed by atoms with Crippen LogP contribution in [0.2, 0.25) is 0 Å². The maximum absolute atomic E-state index is 16.4. The van der Waals surface area contributed by atoms with E-state index in [0.717, 1.165) is 12.1 Å². The van der Waals surface area contributed by atoms with Crippen LogP contribution >= 0.6 is 0 Å². The number of nitrogens with zero attached hydrogens (tertiary/aromatic N) is 2. The highest BCUT2D eigenvalue weighted by Gasteiger charge is 2.46. The zero-order chi connectivity index (χ0) is 54.9. The fraction of sp³-hybridized carbons (Fsp3) is 0.408. The van der Waals surface area contributed by atoms with Gasteiger partial charge < -0.3 is 15.3 Å². The molecule has 0 saturated carbocycles. The Kier molecular flexibility index (Phi) is 17.1. The van der Waals surface area contributed by atoms with Crippen molar-refractivity contribution in [2.24, 2.45) is 5.92 Å². The maximum Gasteiger partial charge on any atom is 0.303 e. The number of fused-ring (bicyclic) bond motifs is 2.